The maximum atomic E-state index is 6.15. The van der Waals surface area contributed by atoms with Crippen LogP contribution in [0.2, 0.25) is 0 Å². The predicted molar refractivity (Wildman–Crippen MR) is 73.1 cm³/mol. The average molecular weight is 239 g/mol. The maximum absolute atomic E-state index is 6.15. The lowest BCUT2D eigenvalue weighted by Crippen LogP contribution is -2.56. The van der Waals surface area contributed by atoms with Crippen LogP contribution in [0.1, 0.15) is 46.5 Å². The van der Waals surface area contributed by atoms with Crippen molar-refractivity contribution in [3.8, 4) is 0 Å². The Bertz CT molecular complexity index is 252. The fourth-order valence-corrected chi connectivity index (χ4v) is 3.63. The van der Waals surface area contributed by atoms with E-state index in [1.807, 2.05) is 0 Å². The van der Waals surface area contributed by atoms with E-state index in [9.17, 15) is 0 Å². The Hall–Kier alpha value is -0.120. The normalized spacial score (nSPS) is 34.8. The van der Waals surface area contributed by atoms with Gasteiger partial charge in [-0.3, -0.25) is 9.80 Å². The lowest BCUT2D eigenvalue weighted by atomic mass is 9.93. The zero-order valence-corrected chi connectivity index (χ0v) is 11.8. The largest absolute Gasteiger partial charge is 0.329 e. The second-order valence-corrected chi connectivity index (χ2v) is 5.96. The molecule has 0 amide bonds. The highest BCUT2D eigenvalue weighted by Crippen LogP contribution is 2.39. The smallest absolute Gasteiger partial charge is 0.0473 e. The number of nitrogens with two attached hydrogens (primary N) is 1. The summed E-state index contributed by atoms with van der Waals surface area (Å²) in [5, 5.41) is 0. The Kier molecular flexibility index (Phi) is 4.11. The molecule has 0 spiro atoms. The van der Waals surface area contributed by atoms with Crippen molar-refractivity contribution in [3.63, 3.8) is 0 Å². The van der Waals surface area contributed by atoms with Crippen LogP contribution >= 0.6 is 0 Å². The van der Waals surface area contributed by atoms with Gasteiger partial charge in [0.2, 0.25) is 0 Å². The van der Waals surface area contributed by atoms with E-state index < -0.39 is 0 Å². The molecule has 1 heterocycles. The summed E-state index contributed by atoms with van der Waals surface area (Å²) in [6.07, 6.45) is 5.30. The molecule has 2 atom stereocenters. The molecule has 17 heavy (non-hydrogen) atoms. The minimum absolute atomic E-state index is 0.257. The number of hydrogen-bond acceptors (Lipinski definition) is 3. The number of hydrogen-bond donors (Lipinski definition) is 1. The predicted octanol–water partition coefficient (Wildman–Crippen LogP) is 1.67. The van der Waals surface area contributed by atoms with Crippen LogP contribution in [0, 0.1) is 0 Å². The SMILES string of the molecule is CCCN(CC)C1(CN)CC(C)N(C2CC2)C1. The molecule has 0 aromatic carbocycles. The minimum Gasteiger partial charge on any atom is -0.329 e. The summed E-state index contributed by atoms with van der Waals surface area (Å²) in [6, 6.07) is 1.59. The Morgan fingerprint density at radius 2 is 2.06 bits per heavy atom. The van der Waals surface area contributed by atoms with Crippen molar-refractivity contribution < 1.29 is 0 Å². The first-order chi connectivity index (χ1) is 8.16. The fraction of sp³-hybridized carbons (Fsp3) is 1.00. The van der Waals surface area contributed by atoms with E-state index in [-0.39, 0.29) is 5.54 Å². The molecule has 0 aromatic heterocycles. The molecule has 2 rings (SSSR count). The molecule has 2 aliphatic rings. The van der Waals surface area contributed by atoms with Crippen LogP contribution in [0.3, 0.4) is 0 Å². The quantitative estimate of drug-likeness (QED) is 0.765. The lowest BCUT2D eigenvalue weighted by Gasteiger charge is -2.40. The van der Waals surface area contributed by atoms with E-state index in [1.165, 1.54) is 38.8 Å². The number of likely N-dealkylation sites (tertiary alicyclic amines) is 1. The first-order valence-electron chi connectivity index (χ1n) is 7.37. The standard InChI is InChI=1S/C14H29N3/c1-4-8-16(5-2)14(10-15)9-12(3)17(11-14)13-6-7-13/h12-13H,4-11,15H2,1-3H3. The van der Waals surface area contributed by atoms with Gasteiger partial charge in [-0.05, 0) is 45.7 Å². The van der Waals surface area contributed by atoms with Gasteiger partial charge in [-0.15, -0.1) is 0 Å². The van der Waals surface area contributed by atoms with Crippen LogP contribution in [-0.2, 0) is 0 Å². The monoisotopic (exact) mass is 239 g/mol. The minimum atomic E-state index is 0.257. The summed E-state index contributed by atoms with van der Waals surface area (Å²) in [5.41, 5.74) is 6.41. The van der Waals surface area contributed by atoms with Crippen molar-refractivity contribution in [1.82, 2.24) is 9.80 Å². The molecule has 1 aliphatic heterocycles. The van der Waals surface area contributed by atoms with E-state index in [0.717, 1.165) is 25.2 Å². The molecule has 0 bridgehead atoms. The van der Waals surface area contributed by atoms with Gasteiger partial charge in [0, 0.05) is 30.7 Å². The highest BCUT2D eigenvalue weighted by molar-refractivity contribution is 5.06. The highest BCUT2D eigenvalue weighted by Gasteiger charge is 2.48. The molecule has 0 aromatic rings. The van der Waals surface area contributed by atoms with E-state index in [4.69, 9.17) is 5.73 Å². The van der Waals surface area contributed by atoms with E-state index in [2.05, 4.69) is 30.6 Å². The first-order valence-corrected chi connectivity index (χ1v) is 7.37. The summed E-state index contributed by atoms with van der Waals surface area (Å²) in [4.78, 5) is 5.34. The summed E-state index contributed by atoms with van der Waals surface area (Å²) < 4.78 is 0. The van der Waals surface area contributed by atoms with Gasteiger partial charge in [-0.25, -0.2) is 0 Å². The topological polar surface area (TPSA) is 32.5 Å². The van der Waals surface area contributed by atoms with Gasteiger partial charge in [0.15, 0.2) is 0 Å². The van der Waals surface area contributed by atoms with E-state index >= 15 is 0 Å². The average Bonchev–Trinajstić information content (AvgIpc) is 3.11. The van der Waals surface area contributed by atoms with Crippen LogP contribution in [0.15, 0.2) is 0 Å². The fourth-order valence-electron chi connectivity index (χ4n) is 3.63. The number of nitrogens with zero attached hydrogens (tertiary/aromatic N) is 2. The third-order valence-corrected chi connectivity index (χ3v) is 4.66. The molecular weight excluding hydrogens is 210 g/mol. The molecule has 0 radical (unpaired) electrons. The summed E-state index contributed by atoms with van der Waals surface area (Å²) >= 11 is 0. The zero-order chi connectivity index (χ0) is 12.5. The van der Waals surface area contributed by atoms with Crippen LogP contribution in [0.25, 0.3) is 0 Å². The van der Waals surface area contributed by atoms with Crippen LogP contribution in [0.4, 0.5) is 0 Å². The third kappa shape index (κ3) is 2.51. The van der Waals surface area contributed by atoms with E-state index in [1.54, 1.807) is 0 Å². The Morgan fingerprint density at radius 3 is 2.53 bits per heavy atom. The summed E-state index contributed by atoms with van der Waals surface area (Å²) in [7, 11) is 0. The third-order valence-electron chi connectivity index (χ3n) is 4.66. The molecule has 1 aliphatic carbocycles. The summed E-state index contributed by atoms with van der Waals surface area (Å²) in [5.74, 6) is 0. The second kappa shape index (κ2) is 5.25. The van der Waals surface area contributed by atoms with Crippen LogP contribution < -0.4 is 5.73 Å². The van der Waals surface area contributed by atoms with Gasteiger partial charge in [0.25, 0.3) is 0 Å². The van der Waals surface area contributed by atoms with Crippen molar-refractivity contribution in [1.29, 1.82) is 0 Å². The van der Waals surface area contributed by atoms with Gasteiger partial charge in [-0.1, -0.05) is 13.8 Å². The number of likely N-dealkylation sites (N-methyl/N-ethyl adjacent to an activating group) is 1. The Morgan fingerprint density at radius 1 is 1.35 bits per heavy atom. The highest BCUT2D eigenvalue weighted by atomic mass is 15.3. The first kappa shape index (κ1) is 13.3. The molecule has 1 saturated carbocycles. The van der Waals surface area contributed by atoms with Gasteiger partial charge in [0.05, 0.1) is 0 Å². The number of rotatable bonds is 6. The molecular formula is C14H29N3. The molecule has 2 fully saturated rings. The van der Waals surface area contributed by atoms with Crippen LogP contribution in [0.5, 0.6) is 0 Å². The molecule has 3 heteroatoms. The molecule has 3 nitrogen and oxygen atoms in total. The van der Waals surface area contributed by atoms with Crippen molar-refractivity contribution in [2.75, 3.05) is 26.2 Å². The van der Waals surface area contributed by atoms with E-state index in [0.29, 0.717) is 0 Å². The van der Waals surface area contributed by atoms with Crippen molar-refractivity contribution >= 4 is 0 Å². The van der Waals surface area contributed by atoms with Gasteiger partial charge in [0.1, 0.15) is 0 Å². The lowest BCUT2D eigenvalue weighted by molar-refractivity contribution is 0.103. The Balaban J connectivity index is 2.08. The van der Waals surface area contributed by atoms with Gasteiger partial charge >= 0.3 is 0 Å². The molecule has 1 saturated heterocycles. The van der Waals surface area contributed by atoms with Crippen molar-refractivity contribution in [3.05, 3.63) is 0 Å². The second-order valence-electron chi connectivity index (χ2n) is 5.96. The van der Waals surface area contributed by atoms with Crippen molar-refractivity contribution in [2.45, 2.75) is 64.1 Å². The maximum Gasteiger partial charge on any atom is 0.0473 e. The molecule has 2 unspecified atom stereocenters. The van der Waals surface area contributed by atoms with Gasteiger partial charge < -0.3 is 5.73 Å². The zero-order valence-electron chi connectivity index (χ0n) is 11.8. The molecule has 2 N–H and O–H groups in total. The van der Waals surface area contributed by atoms with Crippen molar-refractivity contribution in [2.24, 2.45) is 5.73 Å². The Labute approximate surface area is 106 Å². The van der Waals surface area contributed by atoms with Gasteiger partial charge in [-0.2, -0.15) is 0 Å². The van der Waals surface area contributed by atoms with Crippen LogP contribution in [-0.4, -0.2) is 53.6 Å². The summed E-state index contributed by atoms with van der Waals surface area (Å²) in [6.45, 7) is 11.3. The molecule has 100 valence electrons.